The SMILES string of the molecule is C.CC(C)CC(CC(=O)C(Cc1ccccc1)NC(=O)c1cnccn1)B(O)OB(OB(O)O)C(CC(C)C)NC(=O)C(Cc1ccccc1)NC(=O)c1cnccn1. The minimum atomic E-state index is -2.38. The Morgan fingerprint density at radius 2 is 1.15 bits per heavy atom. The van der Waals surface area contributed by atoms with E-state index in [1.165, 1.54) is 37.2 Å². The van der Waals surface area contributed by atoms with Crippen LogP contribution in [0, 0.1) is 11.8 Å². The van der Waals surface area contributed by atoms with Gasteiger partial charge in [-0.05, 0) is 48.0 Å². The number of hydrogen-bond acceptors (Lipinski definition) is 13. The van der Waals surface area contributed by atoms with Crippen LogP contribution in [0.4, 0.5) is 0 Å². The molecule has 0 aliphatic heterocycles. The van der Waals surface area contributed by atoms with Gasteiger partial charge in [0.05, 0.1) is 24.4 Å². The summed E-state index contributed by atoms with van der Waals surface area (Å²) in [6.07, 6.45) is 8.56. The molecule has 4 unspecified atom stereocenters. The van der Waals surface area contributed by atoms with Crippen LogP contribution in [0.3, 0.4) is 0 Å². The topological polar surface area (TPSA) is 235 Å². The molecule has 2 aromatic carbocycles. The molecule has 0 bridgehead atoms. The number of aromatic nitrogens is 4. The largest absolute Gasteiger partial charge is 0.620 e. The first-order valence-corrected chi connectivity index (χ1v) is 19.2. The monoisotopic (exact) mass is 809 g/mol. The number of carbonyl (C=O) groups excluding carboxylic acids is 4. The van der Waals surface area contributed by atoms with Gasteiger partial charge >= 0.3 is 21.6 Å². The highest BCUT2D eigenvalue weighted by Crippen LogP contribution is 2.27. The van der Waals surface area contributed by atoms with Crippen LogP contribution in [-0.2, 0) is 31.6 Å². The van der Waals surface area contributed by atoms with Crippen molar-refractivity contribution in [2.75, 3.05) is 0 Å². The van der Waals surface area contributed by atoms with Crippen molar-refractivity contribution in [3.63, 3.8) is 0 Å². The van der Waals surface area contributed by atoms with E-state index < -0.39 is 68.9 Å². The second-order valence-electron chi connectivity index (χ2n) is 14.8. The molecule has 0 aliphatic carbocycles. The molecule has 2 heterocycles. The first kappa shape index (κ1) is 48.0. The minimum absolute atomic E-state index is 0. The van der Waals surface area contributed by atoms with Gasteiger partial charge in [0, 0.05) is 37.6 Å². The lowest BCUT2D eigenvalue weighted by atomic mass is 9.61. The third-order valence-electron chi connectivity index (χ3n) is 9.02. The maximum atomic E-state index is 14.1. The number of ketones is 1. The lowest BCUT2D eigenvalue weighted by molar-refractivity contribution is -0.123. The quantitative estimate of drug-likeness (QED) is 0.0593. The Labute approximate surface area is 346 Å². The Morgan fingerprint density at radius 1 is 0.661 bits per heavy atom. The van der Waals surface area contributed by atoms with Gasteiger partial charge in [0.15, 0.2) is 5.78 Å². The zero-order valence-corrected chi connectivity index (χ0v) is 33.0. The second-order valence-corrected chi connectivity index (χ2v) is 14.8. The molecule has 0 fully saturated rings. The van der Waals surface area contributed by atoms with Crippen molar-refractivity contribution in [3.05, 3.63) is 120 Å². The van der Waals surface area contributed by atoms with E-state index >= 15 is 0 Å². The molecule has 19 heteroatoms. The molecule has 2 aromatic heterocycles. The number of Topliss-reactive ketones (excluding diaryl/α,β-unsaturated/α-hetero) is 1. The van der Waals surface area contributed by atoms with Crippen LogP contribution < -0.4 is 16.0 Å². The maximum absolute atomic E-state index is 14.1. The van der Waals surface area contributed by atoms with Gasteiger partial charge < -0.3 is 40.2 Å². The molecule has 0 aliphatic rings. The molecule has 4 rings (SSSR count). The number of nitrogens with zero attached hydrogens (tertiary/aromatic N) is 4. The molecule has 6 N–H and O–H groups in total. The van der Waals surface area contributed by atoms with Crippen LogP contribution >= 0.6 is 0 Å². The molecule has 4 atom stereocenters. The van der Waals surface area contributed by atoms with E-state index in [1.807, 2.05) is 64.1 Å². The normalized spacial score (nSPS) is 13.0. The van der Waals surface area contributed by atoms with Gasteiger partial charge in [-0.1, -0.05) is 95.8 Å². The van der Waals surface area contributed by atoms with E-state index in [1.54, 1.807) is 24.3 Å². The highest BCUT2D eigenvalue weighted by molar-refractivity contribution is 6.64. The molecule has 3 amide bonds. The van der Waals surface area contributed by atoms with Gasteiger partial charge in [-0.3, -0.25) is 29.1 Å². The zero-order chi connectivity index (χ0) is 42.0. The van der Waals surface area contributed by atoms with E-state index in [-0.39, 0.29) is 62.8 Å². The van der Waals surface area contributed by atoms with Gasteiger partial charge in [0.1, 0.15) is 17.4 Å². The predicted octanol–water partition coefficient (Wildman–Crippen LogP) is 2.70. The molecular formula is C40H54B3N7O9. The van der Waals surface area contributed by atoms with Crippen LogP contribution in [0.25, 0.3) is 0 Å². The van der Waals surface area contributed by atoms with Gasteiger partial charge in [-0.15, -0.1) is 0 Å². The van der Waals surface area contributed by atoms with E-state index in [2.05, 4.69) is 35.9 Å². The fourth-order valence-electron chi connectivity index (χ4n) is 6.38. The van der Waals surface area contributed by atoms with Crippen molar-refractivity contribution in [2.45, 2.75) is 91.1 Å². The first-order chi connectivity index (χ1) is 27.8. The number of amides is 3. The lowest BCUT2D eigenvalue weighted by Crippen LogP contribution is -2.58. The maximum Gasteiger partial charge on any atom is 0.620 e. The standard InChI is InChI=1S/C39H50B3N7O9.CH4/c1-26(2)19-30(23-35(50)31(21-28-11-7-5-8-12-28)47-38(52)33-24-43-15-17-45-33)40(54)57-41(58-42(55)56)36(20-27(3)4)49-37(51)32(22-29-13-9-6-10-14-29)48-39(53)34-25-44-16-18-46-34;/h5-18,24-27,30-32,36,54-56H,19-23H2,1-4H3,(H,47,52)(H,48,53)(H,49,51);1H4. The summed E-state index contributed by atoms with van der Waals surface area (Å²) >= 11 is 0. The fraction of sp³-hybridized carbons (Fsp3) is 0.400. The van der Waals surface area contributed by atoms with E-state index in [0.717, 1.165) is 11.1 Å². The van der Waals surface area contributed by atoms with Crippen molar-refractivity contribution in [1.82, 2.24) is 35.9 Å². The van der Waals surface area contributed by atoms with Crippen LogP contribution in [0.15, 0.2) is 97.8 Å². The number of hydrogen-bond donors (Lipinski definition) is 6. The van der Waals surface area contributed by atoms with Gasteiger partial charge in [-0.2, -0.15) is 0 Å². The van der Waals surface area contributed by atoms with Crippen LogP contribution in [0.2, 0.25) is 5.82 Å². The molecule has 312 valence electrons. The average Bonchev–Trinajstić information content (AvgIpc) is 3.20. The van der Waals surface area contributed by atoms with Gasteiger partial charge in [-0.25, -0.2) is 9.97 Å². The number of benzene rings is 2. The summed E-state index contributed by atoms with van der Waals surface area (Å²) in [7, 11) is -5.74. The molecule has 4 aromatic rings. The zero-order valence-electron chi connectivity index (χ0n) is 33.0. The summed E-state index contributed by atoms with van der Waals surface area (Å²) in [5.41, 5.74) is 1.55. The molecule has 0 spiro atoms. The Kier molecular flexibility index (Phi) is 20.0. The van der Waals surface area contributed by atoms with Crippen LogP contribution in [-0.4, -0.2) is 98.1 Å². The Bertz CT molecular complexity index is 1870. The van der Waals surface area contributed by atoms with Crippen molar-refractivity contribution in [1.29, 1.82) is 0 Å². The average molecular weight is 809 g/mol. The lowest BCUT2D eigenvalue weighted by Gasteiger charge is -2.31. The van der Waals surface area contributed by atoms with Crippen molar-refractivity contribution < 1.29 is 43.4 Å². The van der Waals surface area contributed by atoms with Gasteiger partial charge in [0.25, 0.3) is 11.8 Å². The summed E-state index contributed by atoms with van der Waals surface area (Å²) in [4.78, 5) is 70.4. The second kappa shape index (κ2) is 24.6. The van der Waals surface area contributed by atoms with Crippen molar-refractivity contribution in [2.24, 2.45) is 11.8 Å². The van der Waals surface area contributed by atoms with Gasteiger partial charge in [0.2, 0.25) is 5.91 Å². The summed E-state index contributed by atoms with van der Waals surface area (Å²) in [5, 5.41) is 40.0. The smallest absolute Gasteiger partial charge is 0.450 e. The Balaban J connectivity index is 0.00000930. The minimum Gasteiger partial charge on any atom is -0.450 e. The van der Waals surface area contributed by atoms with E-state index in [4.69, 9.17) is 9.14 Å². The number of nitrogens with one attached hydrogen (secondary N) is 3. The Morgan fingerprint density at radius 3 is 1.61 bits per heavy atom. The number of carbonyl (C=O) groups is 4. The summed E-state index contributed by atoms with van der Waals surface area (Å²) < 4.78 is 11.4. The summed E-state index contributed by atoms with van der Waals surface area (Å²) in [6, 6.07) is 16.0. The molecule has 59 heavy (non-hydrogen) atoms. The van der Waals surface area contributed by atoms with Crippen molar-refractivity contribution in [3.8, 4) is 0 Å². The van der Waals surface area contributed by atoms with Crippen LogP contribution in [0.5, 0.6) is 0 Å². The van der Waals surface area contributed by atoms with E-state index in [9.17, 15) is 34.3 Å². The Hall–Kier alpha value is -5.33. The molecule has 16 nitrogen and oxygen atoms in total. The molecule has 0 saturated carbocycles. The highest BCUT2D eigenvalue weighted by atomic mass is 16.7. The van der Waals surface area contributed by atoms with Crippen LogP contribution in [0.1, 0.15) is 86.5 Å². The third-order valence-corrected chi connectivity index (χ3v) is 9.02. The summed E-state index contributed by atoms with van der Waals surface area (Å²) in [6.45, 7) is 7.53. The third kappa shape index (κ3) is 16.5. The highest BCUT2D eigenvalue weighted by Gasteiger charge is 2.42. The fourth-order valence-corrected chi connectivity index (χ4v) is 6.38. The summed E-state index contributed by atoms with van der Waals surface area (Å²) in [5.74, 6) is -4.41. The predicted molar refractivity (Wildman–Crippen MR) is 224 cm³/mol. The van der Waals surface area contributed by atoms with Crippen molar-refractivity contribution >= 4 is 45.1 Å². The first-order valence-electron chi connectivity index (χ1n) is 19.2. The number of rotatable bonds is 23. The molecule has 0 radical (unpaired) electrons. The molecule has 0 saturated heterocycles. The molecular weight excluding hydrogens is 755 g/mol. The van der Waals surface area contributed by atoms with E-state index in [0.29, 0.717) is 0 Å².